The van der Waals surface area contributed by atoms with Gasteiger partial charge in [0.2, 0.25) is 0 Å². The second-order valence-corrected chi connectivity index (χ2v) is 7.38. The van der Waals surface area contributed by atoms with Gasteiger partial charge in [-0.15, -0.1) is 0 Å². The predicted octanol–water partition coefficient (Wildman–Crippen LogP) is 5.24. The Morgan fingerprint density at radius 3 is 2.38 bits per heavy atom. The van der Waals surface area contributed by atoms with Crippen LogP contribution in [0.2, 0.25) is 0 Å². The molecule has 0 aliphatic carbocycles. The first kappa shape index (κ1) is 17.8. The first-order chi connectivity index (χ1) is 11.6. The van der Waals surface area contributed by atoms with Crippen LogP contribution >= 0.6 is 31.9 Å². The second kappa shape index (κ2) is 7.89. The number of benzene rings is 2. The van der Waals surface area contributed by atoms with Crippen LogP contribution in [0.4, 0.5) is 0 Å². The minimum Gasteiger partial charge on any atom is -0.490 e. The first-order valence-electron chi connectivity index (χ1n) is 8.24. The van der Waals surface area contributed by atoms with Crippen molar-refractivity contribution in [3.05, 3.63) is 56.0 Å². The third-order valence-electron chi connectivity index (χ3n) is 4.14. The average Bonchev–Trinajstić information content (AvgIpc) is 2.58. The minimum absolute atomic E-state index is 0.160. The van der Waals surface area contributed by atoms with Gasteiger partial charge in [-0.2, -0.15) is 0 Å². The summed E-state index contributed by atoms with van der Waals surface area (Å²) in [5.41, 5.74) is 3.82. The number of hydrogen-bond acceptors (Lipinski definition) is 3. The van der Waals surface area contributed by atoms with Crippen molar-refractivity contribution >= 4 is 31.9 Å². The maximum absolute atomic E-state index is 5.81. The molecule has 1 unspecified atom stereocenters. The van der Waals surface area contributed by atoms with Gasteiger partial charge in [-0.1, -0.05) is 6.07 Å². The lowest BCUT2D eigenvalue weighted by Gasteiger charge is -2.29. The van der Waals surface area contributed by atoms with E-state index in [1.807, 2.05) is 13.8 Å². The van der Waals surface area contributed by atoms with Crippen LogP contribution in [-0.4, -0.2) is 19.8 Å². The molecule has 1 N–H and O–H groups in total. The van der Waals surface area contributed by atoms with Gasteiger partial charge in [0.05, 0.1) is 19.3 Å². The number of halogens is 2. The van der Waals surface area contributed by atoms with E-state index < -0.39 is 0 Å². The van der Waals surface area contributed by atoms with Crippen molar-refractivity contribution in [2.45, 2.75) is 26.3 Å². The molecule has 0 radical (unpaired) electrons. The van der Waals surface area contributed by atoms with E-state index in [0.717, 1.165) is 33.4 Å². The molecule has 1 aliphatic rings. The Hall–Kier alpha value is -1.04. The van der Waals surface area contributed by atoms with Crippen LogP contribution in [-0.2, 0) is 6.42 Å². The Bertz CT molecular complexity index is 734. The molecule has 3 rings (SSSR count). The van der Waals surface area contributed by atoms with Crippen molar-refractivity contribution in [1.82, 2.24) is 5.32 Å². The van der Waals surface area contributed by atoms with Crippen LogP contribution in [0.25, 0.3) is 0 Å². The summed E-state index contributed by atoms with van der Waals surface area (Å²) in [6.07, 6.45) is 0.996. The quantitative estimate of drug-likeness (QED) is 0.669. The van der Waals surface area contributed by atoms with Crippen molar-refractivity contribution < 1.29 is 9.47 Å². The maximum Gasteiger partial charge on any atom is 0.161 e. The monoisotopic (exact) mass is 453 g/mol. The largest absolute Gasteiger partial charge is 0.490 e. The molecule has 2 aromatic carbocycles. The van der Waals surface area contributed by atoms with Gasteiger partial charge in [-0.05, 0) is 93.1 Å². The molecule has 0 saturated heterocycles. The Balaban J connectivity index is 2.05. The molecule has 1 atom stereocenters. The zero-order chi connectivity index (χ0) is 17.1. The van der Waals surface area contributed by atoms with Gasteiger partial charge < -0.3 is 14.8 Å². The molecular weight excluding hydrogens is 434 g/mol. The summed E-state index contributed by atoms with van der Waals surface area (Å²) in [6.45, 7) is 6.21. The molecular formula is C19H21Br2NO2. The fraction of sp³-hybridized carbons (Fsp3) is 0.368. The van der Waals surface area contributed by atoms with Crippen molar-refractivity contribution in [3.8, 4) is 11.5 Å². The SMILES string of the molecule is CCOc1cc2c(cc1OCC)C(c1ccc(Br)c(Br)c1)NCC2. The summed E-state index contributed by atoms with van der Waals surface area (Å²) in [5, 5.41) is 3.63. The highest BCUT2D eigenvalue weighted by molar-refractivity contribution is 9.13. The summed E-state index contributed by atoms with van der Waals surface area (Å²) in [4.78, 5) is 0. The Labute approximate surface area is 160 Å². The van der Waals surface area contributed by atoms with Gasteiger partial charge in [-0.25, -0.2) is 0 Å². The summed E-state index contributed by atoms with van der Waals surface area (Å²) >= 11 is 7.14. The fourth-order valence-electron chi connectivity index (χ4n) is 3.09. The average molecular weight is 455 g/mol. The van der Waals surface area contributed by atoms with Gasteiger partial charge >= 0.3 is 0 Å². The Kier molecular flexibility index (Phi) is 5.85. The molecule has 128 valence electrons. The Morgan fingerprint density at radius 2 is 1.71 bits per heavy atom. The zero-order valence-corrected chi connectivity index (χ0v) is 17.0. The Morgan fingerprint density at radius 1 is 1.00 bits per heavy atom. The molecule has 0 bridgehead atoms. The van der Waals surface area contributed by atoms with Gasteiger partial charge in [0.15, 0.2) is 11.5 Å². The van der Waals surface area contributed by atoms with E-state index in [1.54, 1.807) is 0 Å². The molecule has 5 heteroatoms. The number of fused-ring (bicyclic) bond motifs is 1. The van der Waals surface area contributed by atoms with Gasteiger partial charge in [0.1, 0.15) is 0 Å². The molecule has 0 fully saturated rings. The highest BCUT2D eigenvalue weighted by Gasteiger charge is 2.24. The van der Waals surface area contributed by atoms with Crippen LogP contribution in [0.5, 0.6) is 11.5 Å². The van der Waals surface area contributed by atoms with Gasteiger partial charge in [0.25, 0.3) is 0 Å². The number of nitrogens with one attached hydrogen (secondary N) is 1. The molecule has 1 heterocycles. The standard InChI is InChI=1S/C19H21Br2NO2/c1-3-23-17-10-12-7-8-22-19(14(12)11-18(17)24-4-2)13-5-6-15(20)16(21)9-13/h5-6,9-11,19,22H,3-4,7-8H2,1-2H3. The highest BCUT2D eigenvalue weighted by Crippen LogP contribution is 2.38. The number of hydrogen-bond donors (Lipinski definition) is 1. The third-order valence-corrected chi connectivity index (χ3v) is 6.02. The molecule has 0 aromatic heterocycles. The zero-order valence-electron chi connectivity index (χ0n) is 13.9. The highest BCUT2D eigenvalue weighted by atomic mass is 79.9. The molecule has 0 saturated carbocycles. The summed E-state index contributed by atoms with van der Waals surface area (Å²) in [6, 6.07) is 10.8. The van der Waals surface area contributed by atoms with E-state index in [4.69, 9.17) is 9.47 Å². The van der Waals surface area contributed by atoms with E-state index >= 15 is 0 Å². The van der Waals surface area contributed by atoms with Crippen molar-refractivity contribution in [3.63, 3.8) is 0 Å². The summed E-state index contributed by atoms with van der Waals surface area (Å²) < 4.78 is 13.7. The van der Waals surface area contributed by atoms with Crippen LogP contribution in [0, 0.1) is 0 Å². The van der Waals surface area contributed by atoms with E-state index in [9.17, 15) is 0 Å². The number of ether oxygens (including phenoxy) is 2. The molecule has 0 amide bonds. The first-order valence-corrected chi connectivity index (χ1v) is 9.83. The van der Waals surface area contributed by atoms with Crippen LogP contribution in [0.1, 0.15) is 36.6 Å². The molecule has 2 aromatic rings. The molecule has 3 nitrogen and oxygen atoms in total. The summed E-state index contributed by atoms with van der Waals surface area (Å²) in [7, 11) is 0. The lowest BCUT2D eigenvalue weighted by atomic mass is 9.89. The topological polar surface area (TPSA) is 30.5 Å². The number of rotatable bonds is 5. The lowest BCUT2D eigenvalue weighted by Crippen LogP contribution is -2.30. The van der Waals surface area contributed by atoms with Crippen LogP contribution in [0.15, 0.2) is 39.3 Å². The second-order valence-electron chi connectivity index (χ2n) is 5.67. The van der Waals surface area contributed by atoms with E-state index in [2.05, 4.69) is 67.5 Å². The van der Waals surface area contributed by atoms with Crippen LogP contribution < -0.4 is 14.8 Å². The van der Waals surface area contributed by atoms with Crippen molar-refractivity contribution in [2.24, 2.45) is 0 Å². The molecule has 0 spiro atoms. The van der Waals surface area contributed by atoms with E-state index in [-0.39, 0.29) is 6.04 Å². The molecule has 1 aliphatic heterocycles. The van der Waals surface area contributed by atoms with Gasteiger partial charge in [-0.3, -0.25) is 0 Å². The molecule has 24 heavy (non-hydrogen) atoms. The van der Waals surface area contributed by atoms with Crippen molar-refractivity contribution in [2.75, 3.05) is 19.8 Å². The van der Waals surface area contributed by atoms with E-state index in [1.165, 1.54) is 16.7 Å². The smallest absolute Gasteiger partial charge is 0.161 e. The third kappa shape index (κ3) is 3.63. The van der Waals surface area contributed by atoms with Gasteiger partial charge in [0, 0.05) is 15.5 Å². The predicted molar refractivity (Wildman–Crippen MR) is 104 cm³/mol. The maximum atomic E-state index is 5.81. The van der Waals surface area contributed by atoms with E-state index in [0.29, 0.717) is 13.2 Å². The minimum atomic E-state index is 0.160. The van der Waals surface area contributed by atoms with Crippen LogP contribution in [0.3, 0.4) is 0 Å². The summed E-state index contributed by atoms with van der Waals surface area (Å²) in [5.74, 6) is 1.67. The lowest BCUT2D eigenvalue weighted by molar-refractivity contribution is 0.286. The fourth-order valence-corrected chi connectivity index (χ4v) is 3.73. The van der Waals surface area contributed by atoms with Crippen molar-refractivity contribution in [1.29, 1.82) is 0 Å². The normalized spacial score (nSPS) is 16.6.